The van der Waals surface area contributed by atoms with Gasteiger partial charge < -0.3 is 10.1 Å². The molecule has 0 heterocycles. The predicted molar refractivity (Wildman–Crippen MR) is 69.6 cm³/mol. The lowest BCUT2D eigenvalue weighted by Gasteiger charge is -2.25. The van der Waals surface area contributed by atoms with Gasteiger partial charge in [-0.25, -0.2) is 0 Å². The van der Waals surface area contributed by atoms with Crippen LogP contribution in [0, 0.1) is 11.8 Å². The van der Waals surface area contributed by atoms with E-state index in [1.807, 2.05) is 0 Å². The fourth-order valence-electron chi connectivity index (χ4n) is 2.00. The minimum Gasteiger partial charge on any atom is -0.380 e. The molecule has 0 amide bonds. The van der Waals surface area contributed by atoms with Gasteiger partial charge in [0.2, 0.25) is 0 Å². The summed E-state index contributed by atoms with van der Waals surface area (Å²) < 4.78 is 5.74. The third-order valence-electron chi connectivity index (χ3n) is 3.60. The van der Waals surface area contributed by atoms with Gasteiger partial charge in [0.25, 0.3) is 0 Å². The molecule has 0 bridgehead atoms. The van der Waals surface area contributed by atoms with Crippen LogP contribution in [0.3, 0.4) is 0 Å². The normalized spacial score (nSPS) is 26.9. The number of nitrogens with one attached hydrogen (secondary N) is 1. The highest BCUT2D eigenvalue weighted by atomic mass is 16.5. The minimum absolute atomic E-state index is 0.611. The molecule has 1 aliphatic carbocycles. The van der Waals surface area contributed by atoms with Crippen molar-refractivity contribution < 1.29 is 4.74 Å². The maximum absolute atomic E-state index is 5.74. The summed E-state index contributed by atoms with van der Waals surface area (Å²) in [5, 5.41) is 3.44. The molecule has 0 aromatic rings. The summed E-state index contributed by atoms with van der Waals surface area (Å²) >= 11 is 0. The summed E-state index contributed by atoms with van der Waals surface area (Å²) in [6.07, 6.45) is 8.20. The van der Waals surface area contributed by atoms with Gasteiger partial charge in [-0.05, 0) is 38.0 Å². The number of rotatable bonds is 7. The molecule has 0 spiro atoms. The van der Waals surface area contributed by atoms with E-state index in [-0.39, 0.29) is 0 Å². The highest BCUT2D eigenvalue weighted by Crippen LogP contribution is 2.24. The Kier molecular flexibility index (Phi) is 6.74. The van der Waals surface area contributed by atoms with Crippen molar-refractivity contribution in [3.63, 3.8) is 0 Å². The SMILES string of the molecule is CCC(C)NCCOCC1CC=CCC1C. The average molecular weight is 225 g/mol. The van der Waals surface area contributed by atoms with Gasteiger partial charge in [0.1, 0.15) is 0 Å². The van der Waals surface area contributed by atoms with E-state index >= 15 is 0 Å². The van der Waals surface area contributed by atoms with Crippen molar-refractivity contribution in [3.8, 4) is 0 Å². The van der Waals surface area contributed by atoms with Crippen LogP contribution in [0.1, 0.15) is 40.0 Å². The van der Waals surface area contributed by atoms with Gasteiger partial charge in [-0.3, -0.25) is 0 Å². The zero-order valence-corrected chi connectivity index (χ0v) is 11.0. The highest BCUT2D eigenvalue weighted by Gasteiger charge is 2.17. The van der Waals surface area contributed by atoms with E-state index in [4.69, 9.17) is 4.74 Å². The van der Waals surface area contributed by atoms with Gasteiger partial charge >= 0.3 is 0 Å². The van der Waals surface area contributed by atoms with Gasteiger partial charge in [-0.15, -0.1) is 0 Å². The zero-order valence-electron chi connectivity index (χ0n) is 11.0. The lowest BCUT2D eigenvalue weighted by Crippen LogP contribution is -2.29. The molecule has 0 saturated heterocycles. The summed E-state index contributed by atoms with van der Waals surface area (Å²) in [5.74, 6) is 1.51. The summed E-state index contributed by atoms with van der Waals surface area (Å²) in [6.45, 7) is 9.49. The van der Waals surface area contributed by atoms with Crippen LogP contribution in [-0.4, -0.2) is 25.8 Å². The van der Waals surface area contributed by atoms with E-state index in [9.17, 15) is 0 Å². The topological polar surface area (TPSA) is 21.3 Å². The van der Waals surface area contributed by atoms with Gasteiger partial charge in [0, 0.05) is 12.6 Å². The van der Waals surface area contributed by atoms with Crippen molar-refractivity contribution in [2.75, 3.05) is 19.8 Å². The molecule has 16 heavy (non-hydrogen) atoms. The van der Waals surface area contributed by atoms with Gasteiger partial charge in [-0.2, -0.15) is 0 Å². The molecule has 2 heteroatoms. The van der Waals surface area contributed by atoms with Crippen molar-refractivity contribution in [1.29, 1.82) is 0 Å². The molecule has 1 N–H and O–H groups in total. The lowest BCUT2D eigenvalue weighted by atomic mass is 9.85. The molecule has 0 aromatic heterocycles. The largest absolute Gasteiger partial charge is 0.380 e. The third-order valence-corrected chi connectivity index (χ3v) is 3.60. The molecule has 0 radical (unpaired) electrons. The van der Waals surface area contributed by atoms with Crippen LogP contribution < -0.4 is 5.32 Å². The Hall–Kier alpha value is -0.340. The van der Waals surface area contributed by atoms with Crippen LogP contribution in [-0.2, 0) is 4.74 Å². The summed E-state index contributed by atoms with van der Waals surface area (Å²) in [4.78, 5) is 0. The van der Waals surface area contributed by atoms with E-state index in [1.165, 1.54) is 19.3 Å². The third kappa shape index (κ3) is 5.13. The van der Waals surface area contributed by atoms with Crippen molar-refractivity contribution >= 4 is 0 Å². The Morgan fingerprint density at radius 1 is 1.38 bits per heavy atom. The Bertz CT molecular complexity index is 203. The van der Waals surface area contributed by atoms with Crippen LogP contribution in [0.25, 0.3) is 0 Å². The Morgan fingerprint density at radius 3 is 2.81 bits per heavy atom. The summed E-state index contributed by atoms with van der Waals surface area (Å²) in [5.41, 5.74) is 0. The van der Waals surface area contributed by atoms with E-state index in [1.54, 1.807) is 0 Å². The fourth-order valence-corrected chi connectivity index (χ4v) is 2.00. The van der Waals surface area contributed by atoms with Crippen molar-refractivity contribution in [2.24, 2.45) is 11.8 Å². The summed E-state index contributed by atoms with van der Waals surface area (Å²) in [7, 11) is 0. The molecule has 3 unspecified atom stereocenters. The molecule has 2 nitrogen and oxygen atoms in total. The zero-order chi connectivity index (χ0) is 11.8. The van der Waals surface area contributed by atoms with Crippen molar-refractivity contribution in [1.82, 2.24) is 5.32 Å². The first kappa shape index (κ1) is 13.7. The maximum atomic E-state index is 5.74. The number of allylic oxidation sites excluding steroid dienone is 2. The molecule has 0 aromatic carbocycles. The van der Waals surface area contributed by atoms with E-state index in [0.29, 0.717) is 6.04 Å². The number of hydrogen-bond acceptors (Lipinski definition) is 2. The van der Waals surface area contributed by atoms with Gasteiger partial charge in [-0.1, -0.05) is 26.0 Å². The highest BCUT2D eigenvalue weighted by molar-refractivity contribution is 4.93. The van der Waals surface area contributed by atoms with Gasteiger partial charge in [0.15, 0.2) is 0 Å². The first-order valence-corrected chi connectivity index (χ1v) is 6.70. The monoisotopic (exact) mass is 225 g/mol. The van der Waals surface area contributed by atoms with Crippen LogP contribution in [0.5, 0.6) is 0 Å². The fraction of sp³-hybridized carbons (Fsp3) is 0.857. The standard InChI is InChI=1S/C14H27NO/c1-4-13(3)15-9-10-16-11-14-8-6-5-7-12(14)2/h5-6,12-15H,4,7-11H2,1-3H3. The van der Waals surface area contributed by atoms with Crippen LogP contribution in [0.2, 0.25) is 0 Å². The first-order valence-electron chi connectivity index (χ1n) is 6.70. The maximum Gasteiger partial charge on any atom is 0.0591 e. The van der Waals surface area contributed by atoms with Crippen LogP contribution >= 0.6 is 0 Å². The molecule has 0 aliphatic heterocycles. The van der Waals surface area contributed by atoms with Crippen LogP contribution in [0.4, 0.5) is 0 Å². The van der Waals surface area contributed by atoms with Crippen molar-refractivity contribution in [3.05, 3.63) is 12.2 Å². The average Bonchev–Trinajstić information content (AvgIpc) is 2.30. The molecule has 1 aliphatic rings. The Labute approximate surface area is 100 Å². The quantitative estimate of drug-likeness (QED) is 0.531. The van der Waals surface area contributed by atoms with E-state index in [2.05, 4.69) is 38.2 Å². The minimum atomic E-state index is 0.611. The second kappa shape index (κ2) is 7.86. The lowest BCUT2D eigenvalue weighted by molar-refractivity contribution is 0.0798. The van der Waals surface area contributed by atoms with Gasteiger partial charge in [0.05, 0.1) is 13.2 Å². The first-order chi connectivity index (χ1) is 7.74. The summed E-state index contributed by atoms with van der Waals surface area (Å²) in [6, 6.07) is 0.611. The number of ether oxygens (including phenoxy) is 1. The molecule has 3 atom stereocenters. The Balaban J connectivity index is 2.00. The molecule has 1 rings (SSSR count). The van der Waals surface area contributed by atoms with Crippen LogP contribution in [0.15, 0.2) is 12.2 Å². The predicted octanol–water partition coefficient (Wildman–Crippen LogP) is 2.99. The molecular weight excluding hydrogens is 198 g/mol. The smallest absolute Gasteiger partial charge is 0.0591 e. The Morgan fingerprint density at radius 2 is 2.12 bits per heavy atom. The molecule has 0 saturated carbocycles. The number of hydrogen-bond donors (Lipinski definition) is 1. The second-order valence-electron chi connectivity index (χ2n) is 5.02. The molecule has 0 fully saturated rings. The molecule has 94 valence electrons. The molecular formula is C14H27NO. The second-order valence-corrected chi connectivity index (χ2v) is 5.02. The van der Waals surface area contributed by atoms with Crippen molar-refractivity contribution in [2.45, 2.75) is 46.1 Å². The van der Waals surface area contributed by atoms with E-state index in [0.717, 1.165) is 31.6 Å². The van der Waals surface area contributed by atoms with E-state index < -0.39 is 0 Å².